The normalized spacial score (nSPS) is 10.7. The van der Waals surface area contributed by atoms with Crippen molar-refractivity contribution in [2.24, 2.45) is 0 Å². The monoisotopic (exact) mass is 384 g/mol. The van der Waals surface area contributed by atoms with E-state index in [4.69, 9.17) is 16.0 Å². The first-order valence-electron chi connectivity index (χ1n) is 7.92. The SMILES string of the molecule is O=C(/C=C/c1ccc(-c2ccccc2F)o1)NNC(=O)c1ccccc1Cl. The van der Waals surface area contributed by atoms with Gasteiger partial charge in [-0.3, -0.25) is 20.4 Å². The van der Waals surface area contributed by atoms with E-state index in [0.29, 0.717) is 17.1 Å². The Morgan fingerprint density at radius 2 is 1.70 bits per heavy atom. The van der Waals surface area contributed by atoms with E-state index in [1.807, 2.05) is 0 Å². The van der Waals surface area contributed by atoms with E-state index in [-0.39, 0.29) is 10.6 Å². The first kappa shape index (κ1) is 18.4. The number of furan rings is 1. The van der Waals surface area contributed by atoms with Gasteiger partial charge in [-0.2, -0.15) is 0 Å². The second-order valence-electron chi connectivity index (χ2n) is 5.44. The van der Waals surface area contributed by atoms with Crippen LogP contribution in [-0.2, 0) is 4.79 Å². The van der Waals surface area contributed by atoms with Crippen molar-refractivity contribution in [3.8, 4) is 11.3 Å². The van der Waals surface area contributed by atoms with Crippen LogP contribution in [0.25, 0.3) is 17.4 Å². The topological polar surface area (TPSA) is 71.3 Å². The zero-order valence-corrected chi connectivity index (χ0v) is 14.7. The van der Waals surface area contributed by atoms with Crippen LogP contribution in [0.3, 0.4) is 0 Å². The highest BCUT2D eigenvalue weighted by atomic mass is 35.5. The summed E-state index contributed by atoms with van der Waals surface area (Å²) in [5.74, 6) is -0.801. The van der Waals surface area contributed by atoms with Crippen molar-refractivity contribution in [1.82, 2.24) is 10.9 Å². The van der Waals surface area contributed by atoms with Crippen LogP contribution in [0.2, 0.25) is 5.02 Å². The largest absolute Gasteiger partial charge is 0.457 e. The maximum Gasteiger partial charge on any atom is 0.271 e. The average Bonchev–Trinajstić information content (AvgIpc) is 3.14. The van der Waals surface area contributed by atoms with Crippen LogP contribution in [0.5, 0.6) is 0 Å². The van der Waals surface area contributed by atoms with Gasteiger partial charge in [0.2, 0.25) is 0 Å². The van der Waals surface area contributed by atoms with Crippen molar-refractivity contribution in [1.29, 1.82) is 0 Å². The Hall–Kier alpha value is -3.38. The lowest BCUT2D eigenvalue weighted by atomic mass is 10.1. The molecule has 0 aliphatic carbocycles. The highest BCUT2D eigenvalue weighted by molar-refractivity contribution is 6.33. The molecule has 0 aliphatic heterocycles. The van der Waals surface area contributed by atoms with Crippen LogP contribution in [0.4, 0.5) is 4.39 Å². The first-order valence-corrected chi connectivity index (χ1v) is 8.30. The molecule has 136 valence electrons. The molecule has 0 aliphatic rings. The zero-order chi connectivity index (χ0) is 19.2. The predicted molar refractivity (Wildman–Crippen MR) is 100 cm³/mol. The Morgan fingerprint density at radius 3 is 2.48 bits per heavy atom. The molecule has 0 unspecified atom stereocenters. The molecule has 0 spiro atoms. The number of hydrazine groups is 1. The summed E-state index contributed by atoms with van der Waals surface area (Å²) in [7, 11) is 0. The number of amides is 2. The van der Waals surface area contributed by atoms with Crippen LogP contribution in [0.1, 0.15) is 16.1 Å². The lowest BCUT2D eigenvalue weighted by Crippen LogP contribution is -2.40. The summed E-state index contributed by atoms with van der Waals surface area (Å²) in [6.45, 7) is 0. The van der Waals surface area contributed by atoms with Crippen molar-refractivity contribution in [3.63, 3.8) is 0 Å². The summed E-state index contributed by atoms with van der Waals surface area (Å²) in [5.41, 5.74) is 5.07. The molecule has 1 heterocycles. The number of rotatable bonds is 4. The van der Waals surface area contributed by atoms with Crippen LogP contribution in [0, 0.1) is 5.82 Å². The fraction of sp³-hybridized carbons (Fsp3) is 0. The van der Waals surface area contributed by atoms with E-state index in [9.17, 15) is 14.0 Å². The molecule has 5 nitrogen and oxygen atoms in total. The Labute approximate surface area is 159 Å². The maximum atomic E-state index is 13.8. The summed E-state index contributed by atoms with van der Waals surface area (Å²) < 4.78 is 19.3. The molecule has 0 saturated heterocycles. The van der Waals surface area contributed by atoms with Crippen LogP contribution in [0.15, 0.2) is 71.2 Å². The molecule has 3 aromatic rings. The van der Waals surface area contributed by atoms with Crippen LogP contribution in [-0.4, -0.2) is 11.8 Å². The number of benzene rings is 2. The number of carbonyl (C=O) groups excluding carboxylic acids is 2. The second kappa shape index (κ2) is 8.33. The maximum absolute atomic E-state index is 13.8. The number of nitrogens with one attached hydrogen (secondary N) is 2. The molecule has 2 amide bonds. The molecule has 0 bridgehead atoms. The lowest BCUT2D eigenvalue weighted by molar-refractivity contribution is -0.117. The Morgan fingerprint density at radius 1 is 0.963 bits per heavy atom. The van der Waals surface area contributed by atoms with E-state index >= 15 is 0 Å². The second-order valence-corrected chi connectivity index (χ2v) is 5.85. The van der Waals surface area contributed by atoms with Gasteiger partial charge in [0.15, 0.2) is 0 Å². The van der Waals surface area contributed by atoms with Gasteiger partial charge >= 0.3 is 0 Å². The molecule has 2 N–H and O–H groups in total. The van der Waals surface area contributed by atoms with Gasteiger partial charge in [0, 0.05) is 6.08 Å². The zero-order valence-electron chi connectivity index (χ0n) is 13.9. The van der Waals surface area contributed by atoms with Gasteiger partial charge in [0.1, 0.15) is 17.3 Å². The third kappa shape index (κ3) is 4.62. The van der Waals surface area contributed by atoms with Gasteiger partial charge in [0.05, 0.1) is 16.1 Å². The Bertz CT molecular complexity index is 1010. The quantitative estimate of drug-likeness (QED) is 0.522. The van der Waals surface area contributed by atoms with Gasteiger partial charge in [-0.1, -0.05) is 35.9 Å². The van der Waals surface area contributed by atoms with Crippen molar-refractivity contribution >= 4 is 29.5 Å². The standard InChI is InChI=1S/C20H14ClFN2O3/c21-16-7-3-1-5-14(16)20(26)24-23-19(25)12-10-13-9-11-18(27-13)15-6-2-4-8-17(15)22/h1-12H,(H,23,25)(H,24,26)/b12-10+. The highest BCUT2D eigenvalue weighted by Crippen LogP contribution is 2.25. The predicted octanol–water partition coefficient (Wildman–Crippen LogP) is 4.21. The van der Waals surface area contributed by atoms with E-state index in [1.165, 1.54) is 24.3 Å². The summed E-state index contributed by atoms with van der Waals surface area (Å²) in [5, 5.41) is 0.274. The number of halogens is 2. The molecule has 27 heavy (non-hydrogen) atoms. The third-order valence-corrected chi connectivity index (χ3v) is 3.91. The third-order valence-electron chi connectivity index (χ3n) is 3.58. The molecule has 0 fully saturated rings. The van der Waals surface area contributed by atoms with Gasteiger partial charge < -0.3 is 4.42 Å². The summed E-state index contributed by atoms with van der Waals surface area (Å²) in [6, 6.07) is 15.9. The molecule has 1 aromatic heterocycles. The molecule has 7 heteroatoms. The fourth-order valence-electron chi connectivity index (χ4n) is 2.28. The number of hydrogen-bond acceptors (Lipinski definition) is 3. The van der Waals surface area contributed by atoms with Gasteiger partial charge in [0.25, 0.3) is 11.8 Å². The summed E-state index contributed by atoms with van der Waals surface area (Å²) in [4.78, 5) is 23.8. The minimum absolute atomic E-state index is 0.240. The smallest absolute Gasteiger partial charge is 0.271 e. The lowest BCUT2D eigenvalue weighted by Gasteiger charge is -2.06. The van der Waals surface area contributed by atoms with Crippen molar-refractivity contribution < 1.29 is 18.4 Å². The van der Waals surface area contributed by atoms with Gasteiger partial charge in [-0.25, -0.2) is 4.39 Å². The van der Waals surface area contributed by atoms with E-state index < -0.39 is 17.6 Å². The highest BCUT2D eigenvalue weighted by Gasteiger charge is 2.10. The van der Waals surface area contributed by atoms with E-state index in [2.05, 4.69) is 10.9 Å². The van der Waals surface area contributed by atoms with Crippen LogP contribution < -0.4 is 10.9 Å². The molecule has 0 radical (unpaired) electrons. The number of carbonyl (C=O) groups is 2. The Balaban J connectivity index is 1.59. The van der Waals surface area contributed by atoms with Gasteiger partial charge in [-0.05, 0) is 42.5 Å². The summed E-state index contributed by atoms with van der Waals surface area (Å²) >= 11 is 5.91. The fourth-order valence-corrected chi connectivity index (χ4v) is 2.50. The van der Waals surface area contributed by atoms with Crippen molar-refractivity contribution in [3.05, 3.63) is 88.9 Å². The molecular weight excluding hydrogens is 371 g/mol. The summed E-state index contributed by atoms with van der Waals surface area (Å²) in [6.07, 6.45) is 2.58. The average molecular weight is 385 g/mol. The van der Waals surface area contributed by atoms with Gasteiger partial charge in [-0.15, -0.1) is 0 Å². The van der Waals surface area contributed by atoms with Crippen LogP contribution >= 0.6 is 11.6 Å². The number of hydrogen-bond donors (Lipinski definition) is 2. The molecule has 3 rings (SSSR count). The minimum Gasteiger partial charge on any atom is -0.457 e. The Kier molecular flexibility index (Phi) is 5.68. The molecule has 0 saturated carbocycles. The minimum atomic E-state index is -0.570. The van der Waals surface area contributed by atoms with Crippen molar-refractivity contribution in [2.75, 3.05) is 0 Å². The van der Waals surface area contributed by atoms with E-state index in [0.717, 1.165) is 0 Å². The van der Waals surface area contributed by atoms with E-state index in [1.54, 1.807) is 48.5 Å². The molecule has 0 atom stereocenters. The van der Waals surface area contributed by atoms with Crippen molar-refractivity contribution in [2.45, 2.75) is 0 Å². The molecular formula is C20H14ClFN2O3. The molecule has 2 aromatic carbocycles. The first-order chi connectivity index (χ1) is 13.0.